The molecule has 1 aliphatic rings. The summed E-state index contributed by atoms with van der Waals surface area (Å²) in [5, 5.41) is 4.10. The molecule has 1 N–H and O–H groups in total. The zero-order valence-electron chi connectivity index (χ0n) is 18.6. The molecular formula is C25H30Cl2N2O2S. The van der Waals surface area contributed by atoms with Crippen LogP contribution in [0.4, 0.5) is 0 Å². The van der Waals surface area contributed by atoms with Gasteiger partial charge in [-0.25, -0.2) is 0 Å². The van der Waals surface area contributed by atoms with Crippen LogP contribution in [0.3, 0.4) is 0 Å². The van der Waals surface area contributed by atoms with Gasteiger partial charge in [0.2, 0.25) is 11.8 Å². The Balaban J connectivity index is 1.71. The first-order chi connectivity index (χ1) is 15.4. The molecule has 0 bridgehead atoms. The maximum absolute atomic E-state index is 13.3. The summed E-state index contributed by atoms with van der Waals surface area (Å²) in [6.07, 6.45) is 4.25. The molecule has 1 atom stereocenters. The van der Waals surface area contributed by atoms with E-state index in [0.717, 1.165) is 31.4 Å². The first-order valence-electron chi connectivity index (χ1n) is 11.0. The van der Waals surface area contributed by atoms with Crippen molar-refractivity contribution in [2.24, 2.45) is 0 Å². The van der Waals surface area contributed by atoms with Crippen molar-refractivity contribution < 1.29 is 9.59 Å². The number of hydrogen-bond acceptors (Lipinski definition) is 3. The Kier molecular flexibility index (Phi) is 9.33. The highest BCUT2D eigenvalue weighted by atomic mass is 35.5. The smallest absolute Gasteiger partial charge is 0.242 e. The molecular weight excluding hydrogens is 463 g/mol. The Labute approximate surface area is 205 Å². The zero-order chi connectivity index (χ0) is 23.1. The van der Waals surface area contributed by atoms with Gasteiger partial charge in [0.05, 0.1) is 5.75 Å². The molecule has 0 saturated heterocycles. The fourth-order valence-corrected chi connectivity index (χ4v) is 5.43. The number of rotatable bonds is 9. The number of carbonyl (C=O) groups excluding carboxylic acids is 2. The van der Waals surface area contributed by atoms with Gasteiger partial charge in [-0.15, -0.1) is 11.8 Å². The molecule has 2 aromatic rings. The van der Waals surface area contributed by atoms with Gasteiger partial charge in [-0.1, -0.05) is 66.4 Å². The van der Waals surface area contributed by atoms with E-state index in [1.165, 1.54) is 11.1 Å². The number of benzene rings is 2. The summed E-state index contributed by atoms with van der Waals surface area (Å²) in [6.45, 7) is 4.04. The van der Waals surface area contributed by atoms with E-state index in [0.29, 0.717) is 15.6 Å². The average Bonchev–Trinajstić information content (AvgIpc) is 3.27. The van der Waals surface area contributed by atoms with Crippen LogP contribution in [-0.2, 0) is 21.9 Å². The lowest BCUT2D eigenvalue weighted by Crippen LogP contribution is -2.50. The molecule has 172 valence electrons. The summed E-state index contributed by atoms with van der Waals surface area (Å²) in [6, 6.07) is 13.0. The van der Waals surface area contributed by atoms with E-state index in [-0.39, 0.29) is 30.2 Å². The minimum atomic E-state index is -0.616. The molecule has 0 unspecified atom stereocenters. The minimum Gasteiger partial charge on any atom is -0.352 e. The molecule has 2 aromatic carbocycles. The fourth-order valence-electron chi connectivity index (χ4n) is 3.93. The average molecular weight is 494 g/mol. The van der Waals surface area contributed by atoms with E-state index in [4.69, 9.17) is 23.2 Å². The third-order valence-corrected chi connectivity index (χ3v) is 7.68. The second-order valence-electron chi connectivity index (χ2n) is 8.31. The number of hydrogen-bond donors (Lipinski definition) is 1. The van der Waals surface area contributed by atoms with E-state index >= 15 is 0 Å². The monoisotopic (exact) mass is 492 g/mol. The standard InChI is InChI=1S/C25H30Cl2N2O2S/c1-17-8-3-4-9-19(17)15-32-16-24(30)29(14-21-22(26)12-7-13-23(21)27)18(2)25(31)28-20-10-5-6-11-20/h3-4,7-9,12-13,18,20H,5-6,10-11,14-16H2,1-2H3,(H,28,31)/t18-/m1/s1. The predicted molar refractivity (Wildman–Crippen MR) is 134 cm³/mol. The molecule has 32 heavy (non-hydrogen) atoms. The van der Waals surface area contributed by atoms with Gasteiger partial charge in [-0.05, 0) is 49.9 Å². The lowest BCUT2D eigenvalue weighted by molar-refractivity contribution is -0.138. The SMILES string of the molecule is Cc1ccccc1CSCC(=O)N(Cc1c(Cl)cccc1Cl)[C@H](C)C(=O)NC1CCCC1. The molecule has 3 rings (SSSR count). The van der Waals surface area contributed by atoms with E-state index in [9.17, 15) is 9.59 Å². The maximum Gasteiger partial charge on any atom is 0.242 e. The van der Waals surface area contributed by atoms with Crippen molar-refractivity contribution >= 4 is 46.8 Å². The second-order valence-corrected chi connectivity index (χ2v) is 10.1. The Morgan fingerprint density at radius 1 is 1.09 bits per heavy atom. The summed E-state index contributed by atoms with van der Waals surface area (Å²) < 4.78 is 0. The maximum atomic E-state index is 13.3. The van der Waals surface area contributed by atoms with Gasteiger partial charge < -0.3 is 10.2 Å². The summed E-state index contributed by atoms with van der Waals surface area (Å²) in [7, 11) is 0. The van der Waals surface area contributed by atoms with Gasteiger partial charge >= 0.3 is 0 Å². The molecule has 0 spiro atoms. The summed E-state index contributed by atoms with van der Waals surface area (Å²) >= 11 is 14.3. The normalized spacial score (nSPS) is 14.9. The highest BCUT2D eigenvalue weighted by Crippen LogP contribution is 2.27. The van der Waals surface area contributed by atoms with Crippen LogP contribution in [0.25, 0.3) is 0 Å². The first-order valence-corrected chi connectivity index (χ1v) is 12.9. The number of amides is 2. The van der Waals surface area contributed by atoms with Crippen LogP contribution in [-0.4, -0.2) is 34.6 Å². The van der Waals surface area contributed by atoms with Crippen LogP contribution in [0.2, 0.25) is 10.0 Å². The molecule has 0 radical (unpaired) electrons. The number of aryl methyl sites for hydroxylation is 1. The third kappa shape index (κ3) is 6.66. The molecule has 0 heterocycles. The topological polar surface area (TPSA) is 49.4 Å². The second kappa shape index (κ2) is 12.0. The highest BCUT2D eigenvalue weighted by Gasteiger charge is 2.29. The van der Waals surface area contributed by atoms with Crippen LogP contribution < -0.4 is 5.32 Å². The van der Waals surface area contributed by atoms with Gasteiger partial charge in [-0.2, -0.15) is 0 Å². The lowest BCUT2D eigenvalue weighted by atomic mass is 10.1. The van der Waals surface area contributed by atoms with Crippen molar-refractivity contribution in [1.29, 1.82) is 0 Å². The van der Waals surface area contributed by atoms with E-state index in [1.54, 1.807) is 41.8 Å². The van der Waals surface area contributed by atoms with Crippen LogP contribution in [0.15, 0.2) is 42.5 Å². The summed E-state index contributed by atoms with van der Waals surface area (Å²) in [4.78, 5) is 27.8. The predicted octanol–water partition coefficient (Wildman–Crippen LogP) is 6.01. The van der Waals surface area contributed by atoms with Crippen molar-refractivity contribution in [3.8, 4) is 0 Å². The van der Waals surface area contributed by atoms with Gasteiger partial charge in [0.15, 0.2) is 0 Å². The Morgan fingerprint density at radius 3 is 2.41 bits per heavy atom. The minimum absolute atomic E-state index is 0.103. The molecule has 1 fully saturated rings. The van der Waals surface area contributed by atoms with Crippen molar-refractivity contribution in [1.82, 2.24) is 10.2 Å². The molecule has 0 aromatic heterocycles. The van der Waals surface area contributed by atoms with Gasteiger partial charge in [0.1, 0.15) is 6.04 Å². The van der Waals surface area contributed by atoms with Gasteiger partial charge in [0.25, 0.3) is 0 Å². The van der Waals surface area contributed by atoms with Crippen LogP contribution in [0, 0.1) is 6.92 Å². The van der Waals surface area contributed by atoms with Crippen LogP contribution in [0.1, 0.15) is 49.3 Å². The molecule has 7 heteroatoms. The molecule has 0 aliphatic heterocycles. The van der Waals surface area contributed by atoms with Crippen LogP contribution >= 0.6 is 35.0 Å². The Hall–Kier alpha value is -1.69. The molecule has 1 saturated carbocycles. The Morgan fingerprint density at radius 2 is 1.75 bits per heavy atom. The van der Waals surface area contributed by atoms with Gasteiger partial charge in [-0.3, -0.25) is 9.59 Å². The third-order valence-electron chi connectivity index (χ3n) is 6.00. The number of nitrogens with one attached hydrogen (secondary N) is 1. The molecule has 1 aliphatic carbocycles. The van der Waals surface area contributed by atoms with Crippen molar-refractivity contribution in [2.75, 3.05) is 5.75 Å². The van der Waals surface area contributed by atoms with Crippen LogP contribution in [0.5, 0.6) is 0 Å². The van der Waals surface area contributed by atoms with Crippen molar-refractivity contribution in [3.05, 3.63) is 69.2 Å². The first kappa shape index (κ1) is 24.9. The number of carbonyl (C=O) groups is 2. The van der Waals surface area contributed by atoms with Crippen molar-refractivity contribution in [2.45, 2.75) is 63.9 Å². The van der Waals surface area contributed by atoms with E-state index in [2.05, 4.69) is 24.4 Å². The van der Waals surface area contributed by atoms with Crippen molar-refractivity contribution in [3.63, 3.8) is 0 Å². The number of halogens is 2. The number of thioether (sulfide) groups is 1. The van der Waals surface area contributed by atoms with Gasteiger partial charge in [0, 0.05) is 33.9 Å². The zero-order valence-corrected chi connectivity index (χ0v) is 20.9. The molecule has 4 nitrogen and oxygen atoms in total. The summed E-state index contributed by atoms with van der Waals surface area (Å²) in [5.74, 6) is 0.783. The summed E-state index contributed by atoms with van der Waals surface area (Å²) in [5.41, 5.74) is 3.07. The largest absolute Gasteiger partial charge is 0.352 e. The fraction of sp³-hybridized carbons (Fsp3) is 0.440. The lowest BCUT2D eigenvalue weighted by Gasteiger charge is -2.30. The molecule has 2 amide bonds. The number of nitrogens with zero attached hydrogens (tertiary/aromatic N) is 1. The van der Waals surface area contributed by atoms with E-state index < -0.39 is 6.04 Å². The highest BCUT2D eigenvalue weighted by molar-refractivity contribution is 7.99. The quantitative estimate of drug-likeness (QED) is 0.466. The Bertz CT molecular complexity index is 927. The van der Waals surface area contributed by atoms with E-state index in [1.807, 2.05) is 12.1 Å².